The third-order valence-corrected chi connectivity index (χ3v) is 6.53. The molecule has 0 spiro atoms. The fraction of sp³-hybridized carbons (Fsp3) is 0.929. The topological polar surface area (TPSA) is 92.5 Å². The number of nitrogens with one attached hydrogen (secondary N) is 1. The van der Waals surface area contributed by atoms with E-state index in [1.165, 1.54) is 4.31 Å². The van der Waals surface area contributed by atoms with Gasteiger partial charge in [-0.05, 0) is 39.0 Å². The van der Waals surface area contributed by atoms with Crippen LogP contribution in [0.25, 0.3) is 0 Å². The maximum absolute atomic E-state index is 12.2. The minimum Gasteiger partial charge on any atom is -0.353 e. The van der Waals surface area contributed by atoms with Crippen molar-refractivity contribution in [3.63, 3.8) is 0 Å². The molecule has 6 nitrogen and oxygen atoms in total. The van der Waals surface area contributed by atoms with Crippen molar-refractivity contribution >= 4 is 28.3 Å². The minimum absolute atomic E-state index is 0. The zero-order valence-electron chi connectivity index (χ0n) is 13.2. The third-order valence-electron chi connectivity index (χ3n) is 4.64. The molecule has 8 heteroatoms. The standard InChI is InChI=1S/C14H27N3O3S.ClH/c1-2-21(19,20)17-8-6-13(7-9-17)16-14(18)11-4-3-5-12(15)10-11;/h11-13H,2-10,15H2,1H3,(H,16,18);1H. The van der Waals surface area contributed by atoms with E-state index in [1.54, 1.807) is 6.92 Å². The molecule has 2 aliphatic rings. The van der Waals surface area contributed by atoms with Crippen molar-refractivity contribution in [3.8, 4) is 0 Å². The van der Waals surface area contributed by atoms with E-state index in [0.29, 0.717) is 25.9 Å². The first kappa shape index (κ1) is 19.7. The molecular weight excluding hydrogens is 326 g/mol. The average molecular weight is 354 g/mol. The number of hydrogen-bond acceptors (Lipinski definition) is 4. The number of carbonyl (C=O) groups excluding carboxylic acids is 1. The van der Waals surface area contributed by atoms with Gasteiger partial charge in [0, 0.05) is 31.1 Å². The molecule has 1 heterocycles. The average Bonchev–Trinajstić information content (AvgIpc) is 2.48. The molecule has 3 N–H and O–H groups in total. The summed E-state index contributed by atoms with van der Waals surface area (Å²) >= 11 is 0. The highest BCUT2D eigenvalue weighted by atomic mass is 35.5. The lowest BCUT2D eigenvalue weighted by molar-refractivity contribution is -0.127. The normalized spacial score (nSPS) is 27.9. The Morgan fingerprint density at radius 2 is 1.86 bits per heavy atom. The SMILES string of the molecule is CCS(=O)(=O)N1CCC(NC(=O)C2CCCC(N)C2)CC1.Cl. The van der Waals surface area contributed by atoms with Gasteiger partial charge in [0.1, 0.15) is 0 Å². The summed E-state index contributed by atoms with van der Waals surface area (Å²) in [5.41, 5.74) is 5.92. The van der Waals surface area contributed by atoms with E-state index in [2.05, 4.69) is 5.32 Å². The maximum atomic E-state index is 12.2. The van der Waals surface area contributed by atoms with Crippen LogP contribution in [0.1, 0.15) is 45.4 Å². The zero-order chi connectivity index (χ0) is 15.5. The van der Waals surface area contributed by atoms with Crippen LogP contribution in [0.5, 0.6) is 0 Å². The summed E-state index contributed by atoms with van der Waals surface area (Å²) in [6, 6.07) is 0.241. The molecule has 22 heavy (non-hydrogen) atoms. The molecule has 130 valence electrons. The third kappa shape index (κ3) is 5.08. The van der Waals surface area contributed by atoms with Crippen LogP contribution in [-0.4, -0.2) is 49.6 Å². The summed E-state index contributed by atoms with van der Waals surface area (Å²) in [5.74, 6) is 0.275. The van der Waals surface area contributed by atoms with Crippen LogP contribution < -0.4 is 11.1 Å². The van der Waals surface area contributed by atoms with Crippen molar-refractivity contribution in [2.24, 2.45) is 11.7 Å². The van der Waals surface area contributed by atoms with Crippen LogP contribution in [0.3, 0.4) is 0 Å². The van der Waals surface area contributed by atoms with Crippen molar-refractivity contribution in [1.29, 1.82) is 0 Å². The number of rotatable bonds is 4. The summed E-state index contributed by atoms with van der Waals surface area (Å²) in [6.45, 7) is 2.67. The molecule has 2 atom stereocenters. The van der Waals surface area contributed by atoms with Gasteiger partial charge in [-0.1, -0.05) is 6.42 Å². The Balaban J connectivity index is 0.00000242. The monoisotopic (exact) mass is 353 g/mol. The molecule has 2 fully saturated rings. The van der Waals surface area contributed by atoms with Crippen LogP contribution in [-0.2, 0) is 14.8 Å². The van der Waals surface area contributed by atoms with Crippen molar-refractivity contribution in [2.75, 3.05) is 18.8 Å². The molecule has 0 radical (unpaired) electrons. The molecule has 2 unspecified atom stereocenters. The Morgan fingerprint density at radius 3 is 2.41 bits per heavy atom. The van der Waals surface area contributed by atoms with Crippen molar-refractivity contribution < 1.29 is 13.2 Å². The van der Waals surface area contributed by atoms with Gasteiger partial charge in [0.05, 0.1) is 5.75 Å². The zero-order valence-corrected chi connectivity index (χ0v) is 14.8. The molecule has 0 aromatic carbocycles. The van der Waals surface area contributed by atoms with Gasteiger partial charge < -0.3 is 11.1 Å². The summed E-state index contributed by atoms with van der Waals surface area (Å²) in [7, 11) is -3.10. The second-order valence-electron chi connectivity index (χ2n) is 6.21. The van der Waals surface area contributed by atoms with Gasteiger partial charge in [0.25, 0.3) is 0 Å². The summed E-state index contributed by atoms with van der Waals surface area (Å²) in [4.78, 5) is 12.2. The highest BCUT2D eigenvalue weighted by Gasteiger charge is 2.30. The lowest BCUT2D eigenvalue weighted by Crippen LogP contribution is -2.49. The molecule has 1 aliphatic carbocycles. The second kappa shape index (κ2) is 8.47. The first-order chi connectivity index (χ1) is 9.92. The molecule has 0 bridgehead atoms. The fourth-order valence-electron chi connectivity index (χ4n) is 3.25. The number of hydrogen-bond donors (Lipinski definition) is 2. The van der Waals surface area contributed by atoms with Gasteiger partial charge in [-0.2, -0.15) is 0 Å². The van der Waals surface area contributed by atoms with Gasteiger partial charge in [-0.3, -0.25) is 4.79 Å². The van der Waals surface area contributed by atoms with Gasteiger partial charge in [0.2, 0.25) is 15.9 Å². The van der Waals surface area contributed by atoms with Crippen LogP contribution in [0.4, 0.5) is 0 Å². The Bertz CT molecular complexity index is 464. The lowest BCUT2D eigenvalue weighted by Gasteiger charge is -2.33. The van der Waals surface area contributed by atoms with Gasteiger partial charge >= 0.3 is 0 Å². The van der Waals surface area contributed by atoms with E-state index in [-0.39, 0.29) is 42.1 Å². The predicted octanol–water partition coefficient (Wildman–Crippen LogP) is 0.856. The van der Waals surface area contributed by atoms with E-state index >= 15 is 0 Å². The highest BCUT2D eigenvalue weighted by Crippen LogP contribution is 2.24. The smallest absolute Gasteiger partial charge is 0.223 e. The molecule has 0 aromatic heterocycles. The van der Waals surface area contributed by atoms with Gasteiger partial charge in [0.15, 0.2) is 0 Å². The largest absolute Gasteiger partial charge is 0.353 e. The van der Waals surface area contributed by atoms with Crippen LogP contribution in [0.2, 0.25) is 0 Å². The van der Waals surface area contributed by atoms with Gasteiger partial charge in [-0.25, -0.2) is 12.7 Å². The molecule has 2 rings (SSSR count). The second-order valence-corrected chi connectivity index (χ2v) is 8.46. The molecule has 1 saturated heterocycles. The van der Waals surface area contributed by atoms with E-state index in [4.69, 9.17) is 5.73 Å². The number of halogens is 1. The van der Waals surface area contributed by atoms with E-state index in [9.17, 15) is 13.2 Å². The molecular formula is C14H28ClN3O3S. The van der Waals surface area contributed by atoms with Crippen LogP contribution >= 0.6 is 12.4 Å². The molecule has 1 saturated carbocycles. The summed E-state index contributed by atoms with van der Waals surface area (Å²) in [5, 5.41) is 3.08. The number of carbonyl (C=O) groups is 1. The number of amides is 1. The van der Waals surface area contributed by atoms with E-state index in [0.717, 1.165) is 25.7 Å². The molecule has 0 aromatic rings. The number of nitrogens with zero attached hydrogens (tertiary/aromatic N) is 1. The van der Waals surface area contributed by atoms with Crippen LogP contribution in [0, 0.1) is 5.92 Å². The Morgan fingerprint density at radius 1 is 1.23 bits per heavy atom. The number of piperidine rings is 1. The maximum Gasteiger partial charge on any atom is 0.223 e. The van der Waals surface area contributed by atoms with Crippen molar-refractivity contribution in [3.05, 3.63) is 0 Å². The number of sulfonamides is 1. The molecule has 1 aliphatic heterocycles. The van der Waals surface area contributed by atoms with E-state index < -0.39 is 10.0 Å². The quantitative estimate of drug-likeness (QED) is 0.783. The lowest BCUT2D eigenvalue weighted by atomic mass is 9.85. The van der Waals surface area contributed by atoms with Crippen LogP contribution in [0.15, 0.2) is 0 Å². The van der Waals surface area contributed by atoms with Crippen molar-refractivity contribution in [2.45, 2.75) is 57.5 Å². The van der Waals surface area contributed by atoms with E-state index in [1.807, 2.05) is 0 Å². The first-order valence-electron chi connectivity index (χ1n) is 7.96. The number of nitrogens with two attached hydrogens (primary N) is 1. The summed E-state index contributed by atoms with van der Waals surface area (Å²) in [6.07, 6.45) is 5.12. The molecule has 1 amide bonds. The Kier molecular flexibility index (Phi) is 7.58. The first-order valence-corrected chi connectivity index (χ1v) is 9.57. The summed E-state index contributed by atoms with van der Waals surface area (Å²) < 4.78 is 25.1. The Hall–Kier alpha value is -0.370. The van der Waals surface area contributed by atoms with Crippen molar-refractivity contribution in [1.82, 2.24) is 9.62 Å². The predicted molar refractivity (Wildman–Crippen MR) is 89.4 cm³/mol. The highest BCUT2D eigenvalue weighted by molar-refractivity contribution is 7.89. The van der Waals surface area contributed by atoms with Gasteiger partial charge in [-0.15, -0.1) is 12.4 Å². The minimum atomic E-state index is -3.10. The fourth-order valence-corrected chi connectivity index (χ4v) is 4.38. The Labute approximate surface area is 139 Å².